The standard InChI is InChI=1S/C27H25N7O2/c1-3-34-25(28)23(26-29-12-13-30-26)24(36)20-10-11-21(33-27(20)34)18-7-5-17(6-8-18)14-22(35)32-19-9-4-16(2)31-15-19/h4-13,15H,3,14,28H2,1-2H3,(H,29,30)(H,32,35). The van der Waals surface area contributed by atoms with Gasteiger partial charge in [-0.25, -0.2) is 9.97 Å². The SMILES string of the molecule is CCn1c(N)c(-c2ncc[nH]2)c(=O)c2ccc(-c3ccc(CC(=O)Nc4ccc(C)nc4)cc3)nc21. The summed E-state index contributed by atoms with van der Waals surface area (Å²) in [5.74, 6) is 0.635. The molecule has 5 aromatic rings. The van der Waals surface area contributed by atoms with Crippen LogP contribution in [0.15, 0.2) is 71.9 Å². The highest BCUT2D eigenvalue weighted by Crippen LogP contribution is 2.26. The lowest BCUT2D eigenvalue weighted by atomic mass is 10.1. The van der Waals surface area contributed by atoms with Gasteiger partial charge in [0.05, 0.1) is 29.4 Å². The number of aryl methyl sites for hydroxylation is 2. The summed E-state index contributed by atoms with van der Waals surface area (Å²) < 4.78 is 1.82. The highest BCUT2D eigenvalue weighted by molar-refractivity contribution is 5.92. The Labute approximate surface area is 207 Å². The Morgan fingerprint density at radius 3 is 2.56 bits per heavy atom. The van der Waals surface area contributed by atoms with Crippen LogP contribution in [-0.2, 0) is 17.8 Å². The second-order valence-electron chi connectivity index (χ2n) is 8.45. The number of nitrogens with zero attached hydrogens (tertiary/aromatic N) is 4. The molecule has 4 aromatic heterocycles. The highest BCUT2D eigenvalue weighted by atomic mass is 16.1. The maximum atomic E-state index is 13.2. The third-order valence-corrected chi connectivity index (χ3v) is 6.01. The molecule has 4 N–H and O–H groups in total. The molecule has 0 bridgehead atoms. The van der Waals surface area contributed by atoms with E-state index in [1.165, 1.54) is 0 Å². The molecule has 36 heavy (non-hydrogen) atoms. The molecule has 0 spiro atoms. The minimum absolute atomic E-state index is 0.118. The quantitative estimate of drug-likeness (QED) is 0.338. The average molecular weight is 480 g/mol. The van der Waals surface area contributed by atoms with Crippen molar-refractivity contribution in [3.05, 3.63) is 88.6 Å². The van der Waals surface area contributed by atoms with Crippen LogP contribution in [0.3, 0.4) is 0 Å². The Morgan fingerprint density at radius 2 is 1.89 bits per heavy atom. The van der Waals surface area contributed by atoms with Crippen LogP contribution < -0.4 is 16.5 Å². The Hall–Kier alpha value is -4.79. The van der Waals surface area contributed by atoms with Gasteiger partial charge in [0.2, 0.25) is 11.3 Å². The number of aromatic nitrogens is 5. The molecule has 0 fully saturated rings. The van der Waals surface area contributed by atoms with Gasteiger partial charge in [-0.3, -0.25) is 14.6 Å². The number of nitrogens with one attached hydrogen (secondary N) is 2. The molecular weight excluding hydrogens is 454 g/mol. The predicted molar refractivity (Wildman–Crippen MR) is 140 cm³/mol. The van der Waals surface area contributed by atoms with E-state index in [1.54, 1.807) is 24.7 Å². The summed E-state index contributed by atoms with van der Waals surface area (Å²) in [6.45, 7) is 4.39. The first-order valence-corrected chi connectivity index (χ1v) is 11.6. The molecular formula is C27H25N7O2. The van der Waals surface area contributed by atoms with Crippen molar-refractivity contribution in [3.8, 4) is 22.6 Å². The number of anilines is 2. The summed E-state index contributed by atoms with van der Waals surface area (Å²) in [4.78, 5) is 41.8. The maximum Gasteiger partial charge on any atom is 0.228 e. The molecule has 4 heterocycles. The van der Waals surface area contributed by atoms with Crippen LogP contribution in [0.5, 0.6) is 0 Å². The molecule has 180 valence electrons. The van der Waals surface area contributed by atoms with Crippen molar-refractivity contribution < 1.29 is 4.79 Å². The predicted octanol–water partition coefficient (Wildman–Crippen LogP) is 3.94. The van der Waals surface area contributed by atoms with Gasteiger partial charge in [-0.15, -0.1) is 0 Å². The number of carbonyl (C=O) groups is 1. The summed E-state index contributed by atoms with van der Waals surface area (Å²) >= 11 is 0. The topological polar surface area (TPSA) is 132 Å². The zero-order valence-corrected chi connectivity index (χ0v) is 19.9. The van der Waals surface area contributed by atoms with Gasteiger partial charge in [0.15, 0.2) is 0 Å². The summed E-state index contributed by atoms with van der Waals surface area (Å²) in [5, 5.41) is 3.33. The molecule has 0 aliphatic heterocycles. The number of benzene rings is 1. The van der Waals surface area contributed by atoms with Crippen molar-refractivity contribution in [1.82, 2.24) is 24.5 Å². The van der Waals surface area contributed by atoms with Crippen LogP contribution in [0.2, 0.25) is 0 Å². The first-order chi connectivity index (χ1) is 17.4. The number of pyridine rings is 3. The number of nitrogens with two attached hydrogens (primary N) is 1. The van der Waals surface area contributed by atoms with Gasteiger partial charge in [0, 0.05) is 30.2 Å². The monoisotopic (exact) mass is 479 g/mol. The van der Waals surface area contributed by atoms with Gasteiger partial charge in [-0.05, 0) is 43.7 Å². The third-order valence-electron chi connectivity index (χ3n) is 6.01. The van der Waals surface area contributed by atoms with Crippen LogP contribution in [0.4, 0.5) is 11.5 Å². The van der Waals surface area contributed by atoms with Gasteiger partial charge < -0.3 is 20.6 Å². The molecule has 9 heteroatoms. The van der Waals surface area contributed by atoms with E-state index in [0.29, 0.717) is 46.2 Å². The number of fused-ring (bicyclic) bond motifs is 1. The first-order valence-electron chi connectivity index (χ1n) is 11.6. The molecule has 0 unspecified atom stereocenters. The molecule has 9 nitrogen and oxygen atoms in total. The molecule has 0 aliphatic rings. The first kappa shape index (κ1) is 23.0. The van der Waals surface area contributed by atoms with Crippen LogP contribution >= 0.6 is 0 Å². The average Bonchev–Trinajstić information content (AvgIpc) is 3.40. The maximum absolute atomic E-state index is 13.2. The smallest absolute Gasteiger partial charge is 0.228 e. The Morgan fingerprint density at radius 1 is 1.08 bits per heavy atom. The van der Waals surface area contributed by atoms with Crippen molar-refractivity contribution in [2.24, 2.45) is 0 Å². The van der Waals surface area contributed by atoms with E-state index in [9.17, 15) is 9.59 Å². The van der Waals surface area contributed by atoms with Gasteiger partial charge in [-0.1, -0.05) is 24.3 Å². The number of aromatic amines is 1. The number of hydrogen-bond acceptors (Lipinski definition) is 6. The molecule has 0 radical (unpaired) electrons. The van der Waals surface area contributed by atoms with Gasteiger partial charge in [0.1, 0.15) is 22.9 Å². The van der Waals surface area contributed by atoms with Crippen molar-refractivity contribution >= 4 is 28.4 Å². The summed E-state index contributed by atoms with van der Waals surface area (Å²) in [6.07, 6.45) is 5.12. The zero-order valence-electron chi connectivity index (χ0n) is 19.9. The highest BCUT2D eigenvalue weighted by Gasteiger charge is 2.19. The number of carbonyl (C=O) groups excluding carboxylic acids is 1. The van der Waals surface area contributed by atoms with Crippen LogP contribution in [-0.4, -0.2) is 30.4 Å². The molecule has 1 aromatic carbocycles. The number of rotatable bonds is 6. The molecule has 5 rings (SSSR count). The van der Waals surface area contributed by atoms with E-state index in [1.807, 2.05) is 60.9 Å². The fourth-order valence-corrected chi connectivity index (χ4v) is 4.17. The fourth-order valence-electron chi connectivity index (χ4n) is 4.17. The fraction of sp³-hybridized carbons (Fsp3) is 0.148. The number of imidazole rings is 1. The second kappa shape index (κ2) is 9.46. The lowest BCUT2D eigenvalue weighted by Gasteiger charge is -2.15. The molecule has 0 saturated heterocycles. The van der Waals surface area contributed by atoms with Crippen molar-refractivity contribution in [3.63, 3.8) is 0 Å². The minimum Gasteiger partial charge on any atom is -0.384 e. The van der Waals surface area contributed by atoms with E-state index < -0.39 is 0 Å². The van der Waals surface area contributed by atoms with E-state index >= 15 is 0 Å². The van der Waals surface area contributed by atoms with Crippen molar-refractivity contribution in [2.75, 3.05) is 11.1 Å². The molecule has 1 amide bonds. The largest absolute Gasteiger partial charge is 0.384 e. The Balaban J connectivity index is 1.42. The Bertz CT molecular complexity index is 1600. The van der Waals surface area contributed by atoms with E-state index in [-0.39, 0.29) is 17.8 Å². The van der Waals surface area contributed by atoms with Crippen molar-refractivity contribution in [2.45, 2.75) is 26.8 Å². The number of amides is 1. The van der Waals surface area contributed by atoms with Gasteiger partial charge in [0.25, 0.3) is 0 Å². The minimum atomic E-state index is -0.216. The van der Waals surface area contributed by atoms with E-state index in [0.717, 1.165) is 16.8 Å². The number of hydrogen-bond donors (Lipinski definition) is 3. The lowest BCUT2D eigenvalue weighted by Crippen LogP contribution is -2.18. The molecule has 0 saturated carbocycles. The zero-order chi connectivity index (χ0) is 25.2. The lowest BCUT2D eigenvalue weighted by molar-refractivity contribution is -0.115. The number of nitrogen functional groups attached to an aromatic ring is 1. The normalized spacial score (nSPS) is 11.1. The van der Waals surface area contributed by atoms with E-state index in [4.69, 9.17) is 10.7 Å². The second-order valence-corrected chi connectivity index (χ2v) is 8.45. The van der Waals surface area contributed by atoms with Crippen LogP contribution in [0.25, 0.3) is 33.7 Å². The summed E-state index contributed by atoms with van der Waals surface area (Å²) in [5.41, 5.74) is 11.0. The van der Waals surface area contributed by atoms with Gasteiger partial charge >= 0.3 is 0 Å². The Kier molecular flexibility index (Phi) is 6.03. The summed E-state index contributed by atoms with van der Waals surface area (Å²) in [6, 6.07) is 14.9. The van der Waals surface area contributed by atoms with Crippen LogP contribution in [0, 0.1) is 6.92 Å². The summed E-state index contributed by atoms with van der Waals surface area (Å²) in [7, 11) is 0. The molecule has 0 atom stereocenters. The van der Waals surface area contributed by atoms with Crippen LogP contribution in [0.1, 0.15) is 18.2 Å². The van der Waals surface area contributed by atoms with Crippen molar-refractivity contribution in [1.29, 1.82) is 0 Å². The third kappa shape index (κ3) is 4.34. The van der Waals surface area contributed by atoms with Gasteiger partial charge in [-0.2, -0.15) is 0 Å². The number of H-pyrrole nitrogens is 1. The molecule has 0 aliphatic carbocycles. The van der Waals surface area contributed by atoms with E-state index in [2.05, 4.69) is 20.3 Å².